The maximum absolute atomic E-state index is 13.3. The molecule has 0 aromatic heterocycles. The molecule has 3 amide bonds. The lowest BCUT2D eigenvalue weighted by molar-refractivity contribution is -0.139. The minimum Gasteiger partial charge on any atom is -0.424 e. The Morgan fingerprint density at radius 1 is 0.941 bits per heavy atom. The van der Waals surface area contributed by atoms with Crippen LogP contribution < -0.4 is 14.5 Å². The third-order valence-corrected chi connectivity index (χ3v) is 8.02. The zero-order chi connectivity index (χ0) is 23.6. The predicted octanol–water partition coefficient (Wildman–Crippen LogP) is 3.49. The van der Waals surface area contributed by atoms with E-state index in [1.165, 1.54) is 4.90 Å². The molecule has 4 fully saturated rings. The Morgan fingerprint density at radius 3 is 2.35 bits per heavy atom. The van der Waals surface area contributed by atoms with E-state index in [9.17, 15) is 19.2 Å². The molecule has 0 N–H and O–H groups in total. The summed E-state index contributed by atoms with van der Waals surface area (Å²) in [6.45, 7) is 2.19. The van der Waals surface area contributed by atoms with Crippen LogP contribution in [0, 0.1) is 36.5 Å². The van der Waals surface area contributed by atoms with Gasteiger partial charge in [0.15, 0.2) is 5.75 Å². The van der Waals surface area contributed by atoms with Crippen molar-refractivity contribution in [1.29, 1.82) is 0 Å². The van der Waals surface area contributed by atoms with Crippen LogP contribution in [0.2, 0.25) is 0 Å². The van der Waals surface area contributed by atoms with Gasteiger partial charge >= 0.3 is 5.97 Å². The minimum absolute atomic E-state index is 0.0595. The molecule has 2 aliphatic carbocycles. The van der Waals surface area contributed by atoms with Crippen molar-refractivity contribution < 1.29 is 23.9 Å². The average molecular weight is 459 g/mol. The molecule has 2 saturated heterocycles. The first-order valence-corrected chi connectivity index (χ1v) is 12.0. The second-order valence-electron chi connectivity index (χ2n) is 10.0. The Kier molecular flexibility index (Phi) is 4.83. The van der Waals surface area contributed by atoms with Crippen molar-refractivity contribution >= 4 is 35.1 Å². The first kappa shape index (κ1) is 21.1. The highest BCUT2D eigenvalue weighted by molar-refractivity contribution is 6.23. The zero-order valence-corrected chi connectivity index (χ0v) is 19.0. The van der Waals surface area contributed by atoms with E-state index in [4.69, 9.17) is 4.74 Å². The number of hydrogen-bond acceptors (Lipinski definition) is 5. The van der Waals surface area contributed by atoms with E-state index in [1.807, 2.05) is 31.2 Å². The van der Waals surface area contributed by atoms with Gasteiger partial charge in [-0.15, -0.1) is 0 Å². The van der Waals surface area contributed by atoms with Crippen LogP contribution in [0.1, 0.15) is 31.2 Å². The van der Waals surface area contributed by atoms with Gasteiger partial charge in [-0.2, -0.15) is 0 Å². The van der Waals surface area contributed by atoms with Gasteiger partial charge < -0.3 is 9.64 Å². The molecule has 6 rings (SSSR count). The maximum atomic E-state index is 13.3. The van der Waals surface area contributed by atoms with E-state index < -0.39 is 11.9 Å². The number of nitrogens with zero attached hydrogens (tertiary/aromatic N) is 2. The van der Waals surface area contributed by atoms with Crippen LogP contribution in [-0.2, 0) is 19.2 Å². The number of carbonyl (C=O) groups excluding carboxylic acids is 4. The summed E-state index contributed by atoms with van der Waals surface area (Å²) in [5.74, 6) is -1.38. The Balaban J connectivity index is 1.22. The van der Waals surface area contributed by atoms with Crippen LogP contribution in [0.5, 0.6) is 5.75 Å². The number of benzene rings is 2. The summed E-state index contributed by atoms with van der Waals surface area (Å²) in [5, 5.41) is 0. The fourth-order valence-corrected chi connectivity index (χ4v) is 6.48. The van der Waals surface area contributed by atoms with E-state index in [0.717, 1.165) is 30.5 Å². The smallest absolute Gasteiger partial charge is 0.316 e. The van der Waals surface area contributed by atoms with E-state index in [2.05, 4.69) is 0 Å². The largest absolute Gasteiger partial charge is 0.424 e. The van der Waals surface area contributed by atoms with Gasteiger partial charge in [0.05, 0.1) is 23.4 Å². The number of hydrogen-bond donors (Lipinski definition) is 0. The van der Waals surface area contributed by atoms with E-state index >= 15 is 0 Å². The number of anilines is 2. The molecule has 0 radical (unpaired) electrons. The third kappa shape index (κ3) is 3.17. The first-order valence-electron chi connectivity index (χ1n) is 12.0. The Bertz CT molecular complexity index is 1200. The molecule has 7 heteroatoms. The molecule has 5 atom stereocenters. The molecule has 4 aliphatic rings. The molecule has 7 nitrogen and oxygen atoms in total. The molecule has 34 heavy (non-hydrogen) atoms. The fraction of sp³-hybridized carbons (Fsp3) is 0.407. The molecule has 2 saturated carbocycles. The molecule has 2 aromatic rings. The SMILES string of the molecule is Cc1cccc(N2C[C@H](C(=O)Oc3ccccc3N3C(=O)[C@@H]4[C@@H]5CC[C@@H](C5)[C@@H]4C3=O)CC2=O)c1. The zero-order valence-electron chi connectivity index (χ0n) is 19.0. The van der Waals surface area contributed by atoms with Crippen LogP contribution in [-0.4, -0.2) is 30.2 Å². The molecule has 2 heterocycles. The number of fused-ring (bicyclic) bond motifs is 5. The lowest BCUT2D eigenvalue weighted by atomic mass is 9.81. The molecule has 0 unspecified atom stereocenters. The lowest BCUT2D eigenvalue weighted by Gasteiger charge is -2.21. The quantitative estimate of drug-likeness (QED) is 0.398. The summed E-state index contributed by atoms with van der Waals surface area (Å²) in [6.07, 6.45) is 3.03. The number of esters is 1. The van der Waals surface area contributed by atoms with Crippen LogP contribution >= 0.6 is 0 Å². The standard InChI is InChI=1S/C27H26N2O5/c1-15-5-4-6-19(11-15)28-14-18(13-22(28)30)27(33)34-21-8-3-2-7-20(21)29-25(31)23-16-9-10-17(12-16)24(23)26(29)32/h2-8,11,16-18,23-24H,9-10,12-14H2,1H3/t16-,17+,18-,23-,24+/m1/s1. The molecule has 2 aliphatic heterocycles. The van der Waals surface area contributed by atoms with Gasteiger partial charge in [-0.05, 0) is 67.9 Å². The number of imide groups is 1. The predicted molar refractivity (Wildman–Crippen MR) is 124 cm³/mol. The first-order chi connectivity index (χ1) is 16.4. The second kappa shape index (κ2) is 7.79. The lowest BCUT2D eigenvalue weighted by Crippen LogP contribution is -2.33. The summed E-state index contributed by atoms with van der Waals surface area (Å²) in [4.78, 5) is 55.0. The minimum atomic E-state index is -0.624. The van der Waals surface area contributed by atoms with Crippen LogP contribution in [0.3, 0.4) is 0 Å². The van der Waals surface area contributed by atoms with Gasteiger partial charge in [0.25, 0.3) is 0 Å². The van der Waals surface area contributed by atoms with Crippen LogP contribution in [0.15, 0.2) is 48.5 Å². The van der Waals surface area contributed by atoms with Gasteiger partial charge in [-0.1, -0.05) is 24.3 Å². The molecule has 0 spiro atoms. The Morgan fingerprint density at radius 2 is 1.65 bits per heavy atom. The van der Waals surface area contributed by atoms with Gasteiger partial charge in [-0.3, -0.25) is 19.2 Å². The summed E-state index contributed by atoms with van der Waals surface area (Å²) in [5.41, 5.74) is 2.11. The van der Waals surface area contributed by atoms with Gasteiger partial charge in [0.1, 0.15) is 0 Å². The van der Waals surface area contributed by atoms with Crippen LogP contribution in [0.25, 0.3) is 0 Å². The number of aryl methyl sites for hydroxylation is 1. The van der Waals surface area contributed by atoms with Gasteiger partial charge in [-0.25, -0.2) is 4.90 Å². The average Bonchev–Trinajstić information content (AvgIpc) is 3.58. The van der Waals surface area contributed by atoms with Crippen molar-refractivity contribution in [3.8, 4) is 5.75 Å². The van der Waals surface area contributed by atoms with Gasteiger partial charge in [0.2, 0.25) is 17.7 Å². The maximum Gasteiger partial charge on any atom is 0.316 e. The van der Waals surface area contributed by atoms with Crippen molar-refractivity contribution in [1.82, 2.24) is 0 Å². The normalized spacial score (nSPS) is 29.8. The highest BCUT2D eigenvalue weighted by atomic mass is 16.5. The van der Waals surface area contributed by atoms with E-state index in [1.54, 1.807) is 29.2 Å². The summed E-state index contributed by atoms with van der Waals surface area (Å²) in [6, 6.07) is 14.3. The number of amides is 3. The van der Waals surface area contributed by atoms with Crippen molar-refractivity contribution in [2.75, 3.05) is 16.3 Å². The van der Waals surface area contributed by atoms with Crippen molar-refractivity contribution in [2.24, 2.45) is 29.6 Å². The molecule has 2 bridgehead atoms. The molecule has 174 valence electrons. The monoisotopic (exact) mass is 458 g/mol. The van der Waals surface area contributed by atoms with Crippen LogP contribution in [0.4, 0.5) is 11.4 Å². The van der Waals surface area contributed by atoms with Crippen molar-refractivity contribution in [3.05, 3.63) is 54.1 Å². The number of para-hydroxylation sites is 2. The topological polar surface area (TPSA) is 84.0 Å². The Labute approximate surface area is 197 Å². The number of rotatable bonds is 4. The highest BCUT2D eigenvalue weighted by Crippen LogP contribution is 2.57. The third-order valence-electron chi connectivity index (χ3n) is 8.02. The van der Waals surface area contributed by atoms with Gasteiger partial charge in [0, 0.05) is 18.7 Å². The van der Waals surface area contributed by atoms with Crippen molar-refractivity contribution in [3.63, 3.8) is 0 Å². The second-order valence-corrected chi connectivity index (χ2v) is 10.0. The fourth-order valence-electron chi connectivity index (χ4n) is 6.48. The van der Waals surface area contributed by atoms with E-state index in [-0.39, 0.29) is 60.1 Å². The molecule has 2 aromatic carbocycles. The summed E-state index contributed by atoms with van der Waals surface area (Å²) >= 11 is 0. The highest BCUT2D eigenvalue weighted by Gasteiger charge is 2.61. The van der Waals surface area contributed by atoms with Crippen molar-refractivity contribution in [2.45, 2.75) is 32.6 Å². The number of carbonyl (C=O) groups is 4. The summed E-state index contributed by atoms with van der Waals surface area (Å²) in [7, 11) is 0. The Hall–Kier alpha value is -3.48. The summed E-state index contributed by atoms with van der Waals surface area (Å²) < 4.78 is 5.72. The molecular weight excluding hydrogens is 432 g/mol. The molecular formula is C27H26N2O5. The van der Waals surface area contributed by atoms with E-state index in [0.29, 0.717) is 5.69 Å². The number of ether oxygens (including phenoxy) is 1.